The Balaban J connectivity index is 2.37. The molecule has 0 spiro atoms. The summed E-state index contributed by atoms with van der Waals surface area (Å²) in [6.45, 7) is 7.36. The second-order valence-corrected chi connectivity index (χ2v) is 6.94. The van der Waals surface area contributed by atoms with Gasteiger partial charge in [-0.15, -0.1) is 0 Å². The van der Waals surface area contributed by atoms with E-state index < -0.39 is 11.7 Å². The van der Waals surface area contributed by atoms with E-state index in [2.05, 4.69) is 24.1 Å². The molecule has 1 heterocycles. The molecule has 0 aliphatic carbocycles. The van der Waals surface area contributed by atoms with E-state index in [0.717, 1.165) is 45.1 Å². The lowest BCUT2D eigenvalue weighted by molar-refractivity contribution is -0.138. The van der Waals surface area contributed by atoms with Crippen molar-refractivity contribution in [3.05, 3.63) is 34.3 Å². The van der Waals surface area contributed by atoms with Gasteiger partial charge in [0.25, 0.3) is 0 Å². The predicted octanol–water partition coefficient (Wildman–Crippen LogP) is 4.74. The SMILES string of the molecule is CC(C)CC[C@H](c1ccc(Cl)cc1C(F)(F)F)N1CCNCC1. The second kappa shape index (κ2) is 7.86. The summed E-state index contributed by atoms with van der Waals surface area (Å²) in [6, 6.07) is 3.96. The van der Waals surface area contributed by atoms with Crippen molar-refractivity contribution in [2.75, 3.05) is 26.2 Å². The Kier molecular flexibility index (Phi) is 6.34. The molecular formula is C17H24ClF3N2. The minimum absolute atomic E-state index is 0.129. The number of rotatable bonds is 5. The first-order valence-corrected chi connectivity index (χ1v) is 8.48. The molecule has 2 rings (SSSR count). The zero-order chi connectivity index (χ0) is 17.0. The third-order valence-corrected chi connectivity index (χ3v) is 4.52. The third kappa shape index (κ3) is 5.10. The molecule has 1 fully saturated rings. The highest BCUT2D eigenvalue weighted by molar-refractivity contribution is 6.30. The Hall–Kier alpha value is -0.780. The van der Waals surface area contributed by atoms with Crippen molar-refractivity contribution in [1.82, 2.24) is 10.2 Å². The van der Waals surface area contributed by atoms with E-state index in [9.17, 15) is 13.2 Å². The van der Waals surface area contributed by atoms with Crippen LogP contribution in [0.3, 0.4) is 0 Å². The first-order valence-electron chi connectivity index (χ1n) is 8.10. The van der Waals surface area contributed by atoms with Gasteiger partial charge in [0.2, 0.25) is 0 Å². The fourth-order valence-corrected chi connectivity index (χ4v) is 3.26. The van der Waals surface area contributed by atoms with Gasteiger partial charge in [-0.05, 0) is 36.5 Å². The number of benzene rings is 1. The summed E-state index contributed by atoms with van der Waals surface area (Å²) in [5, 5.41) is 3.38. The van der Waals surface area contributed by atoms with Crippen molar-refractivity contribution >= 4 is 11.6 Å². The first-order chi connectivity index (χ1) is 10.8. The van der Waals surface area contributed by atoms with Crippen LogP contribution < -0.4 is 5.32 Å². The number of hydrogen-bond donors (Lipinski definition) is 1. The van der Waals surface area contributed by atoms with Gasteiger partial charge in [-0.2, -0.15) is 13.2 Å². The van der Waals surface area contributed by atoms with Crippen molar-refractivity contribution in [2.24, 2.45) is 5.92 Å². The van der Waals surface area contributed by atoms with E-state index in [1.807, 2.05) is 0 Å². The van der Waals surface area contributed by atoms with Gasteiger partial charge in [0.15, 0.2) is 0 Å². The van der Waals surface area contributed by atoms with E-state index >= 15 is 0 Å². The van der Waals surface area contributed by atoms with E-state index in [1.165, 1.54) is 0 Å². The summed E-state index contributed by atoms with van der Waals surface area (Å²) in [6.07, 6.45) is -2.76. The maximum Gasteiger partial charge on any atom is 0.416 e. The number of hydrogen-bond acceptors (Lipinski definition) is 2. The average molecular weight is 349 g/mol. The van der Waals surface area contributed by atoms with E-state index in [0.29, 0.717) is 11.5 Å². The number of alkyl halides is 3. The summed E-state index contributed by atoms with van der Waals surface area (Å²) in [4.78, 5) is 2.16. The maximum absolute atomic E-state index is 13.5. The van der Waals surface area contributed by atoms with Crippen LogP contribution in [0, 0.1) is 5.92 Å². The minimum Gasteiger partial charge on any atom is -0.314 e. The molecule has 1 aromatic carbocycles. The molecule has 2 nitrogen and oxygen atoms in total. The van der Waals surface area contributed by atoms with Crippen LogP contribution in [0.5, 0.6) is 0 Å². The monoisotopic (exact) mass is 348 g/mol. The van der Waals surface area contributed by atoms with Crippen LogP contribution in [0.1, 0.15) is 43.9 Å². The molecular weight excluding hydrogens is 325 g/mol. The highest BCUT2D eigenvalue weighted by Crippen LogP contribution is 2.39. The highest BCUT2D eigenvalue weighted by Gasteiger charge is 2.37. The Bertz CT molecular complexity index is 511. The lowest BCUT2D eigenvalue weighted by Crippen LogP contribution is -2.45. The topological polar surface area (TPSA) is 15.3 Å². The Labute approximate surface area is 141 Å². The van der Waals surface area contributed by atoms with Crippen LogP contribution >= 0.6 is 11.6 Å². The summed E-state index contributed by atoms with van der Waals surface area (Å²) in [5.74, 6) is 0.460. The number of nitrogens with one attached hydrogen (secondary N) is 1. The fourth-order valence-electron chi connectivity index (χ4n) is 3.08. The van der Waals surface area contributed by atoms with Crippen molar-refractivity contribution in [3.63, 3.8) is 0 Å². The summed E-state index contributed by atoms with van der Waals surface area (Å²) in [5.41, 5.74) is -0.248. The van der Waals surface area contributed by atoms with Crippen molar-refractivity contribution in [3.8, 4) is 0 Å². The summed E-state index contributed by atoms with van der Waals surface area (Å²) in [7, 11) is 0. The number of nitrogens with zero attached hydrogens (tertiary/aromatic N) is 1. The molecule has 23 heavy (non-hydrogen) atoms. The smallest absolute Gasteiger partial charge is 0.314 e. The zero-order valence-corrected chi connectivity index (χ0v) is 14.3. The van der Waals surface area contributed by atoms with Crippen LogP contribution in [0.25, 0.3) is 0 Å². The molecule has 0 aromatic heterocycles. The van der Waals surface area contributed by atoms with Gasteiger partial charge in [0.05, 0.1) is 5.56 Å². The van der Waals surface area contributed by atoms with Crippen LogP contribution in [-0.4, -0.2) is 31.1 Å². The van der Waals surface area contributed by atoms with E-state index in [1.54, 1.807) is 12.1 Å². The van der Waals surface area contributed by atoms with Crippen LogP contribution in [-0.2, 0) is 6.18 Å². The normalized spacial score (nSPS) is 18.4. The number of piperazine rings is 1. The standard InChI is InChI=1S/C17H24ClF3N2/c1-12(2)3-6-16(23-9-7-22-8-10-23)14-5-4-13(18)11-15(14)17(19,20)21/h4-5,11-12,16,22H,3,6-10H2,1-2H3/t16-/m1/s1. The quantitative estimate of drug-likeness (QED) is 0.826. The van der Waals surface area contributed by atoms with Gasteiger partial charge in [0, 0.05) is 37.2 Å². The molecule has 6 heteroatoms. The van der Waals surface area contributed by atoms with Crippen LogP contribution in [0.4, 0.5) is 13.2 Å². The van der Waals surface area contributed by atoms with Gasteiger partial charge in [-0.3, -0.25) is 4.90 Å². The minimum atomic E-state index is -4.38. The van der Waals surface area contributed by atoms with Crippen molar-refractivity contribution < 1.29 is 13.2 Å². The Morgan fingerprint density at radius 3 is 2.39 bits per heavy atom. The second-order valence-electron chi connectivity index (χ2n) is 6.50. The molecule has 1 saturated heterocycles. The third-order valence-electron chi connectivity index (χ3n) is 4.29. The molecule has 1 N–H and O–H groups in total. The Morgan fingerprint density at radius 1 is 1.17 bits per heavy atom. The van der Waals surface area contributed by atoms with Crippen molar-refractivity contribution in [1.29, 1.82) is 0 Å². The van der Waals surface area contributed by atoms with Crippen LogP contribution in [0.15, 0.2) is 18.2 Å². The average Bonchev–Trinajstić information content (AvgIpc) is 2.48. The van der Waals surface area contributed by atoms with Gasteiger partial charge in [-0.25, -0.2) is 0 Å². The summed E-state index contributed by atoms with van der Waals surface area (Å²) >= 11 is 5.82. The molecule has 1 aliphatic heterocycles. The molecule has 1 aromatic rings. The summed E-state index contributed by atoms with van der Waals surface area (Å²) < 4.78 is 40.4. The highest BCUT2D eigenvalue weighted by atomic mass is 35.5. The molecule has 1 aliphatic rings. The molecule has 0 unspecified atom stereocenters. The van der Waals surface area contributed by atoms with Gasteiger partial charge < -0.3 is 5.32 Å². The Morgan fingerprint density at radius 2 is 1.83 bits per heavy atom. The number of halogens is 4. The lowest BCUT2D eigenvalue weighted by Gasteiger charge is -2.36. The van der Waals surface area contributed by atoms with Crippen molar-refractivity contribution in [2.45, 2.75) is 38.9 Å². The largest absolute Gasteiger partial charge is 0.416 e. The molecule has 1 atom stereocenters. The first kappa shape index (κ1) is 18.6. The van der Waals surface area contributed by atoms with E-state index in [4.69, 9.17) is 11.6 Å². The maximum atomic E-state index is 13.5. The van der Waals surface area contributed by atoms with E-state index in [-0.39, 0.29) is 11.1 Å². The molecule has 0 amide bonds. The molecule has 0 radical (unpaired) electrons. The predicted molar refractivity (Wildman–Crippen MR) is 87.7 cm³/mol. The fraction of sp³-hybridized carbons (Fsp3) is 0.647. The van der Waals surface area contributed by atoms with Crippen LogP contribution in [0.2, 0.25) is 5.02 Å². The molecule has 0 saturated carbocycles. The molecule has 0 bridgehead atoms. The van der Waals surface area contributed by atoms with Gasteiger partial charge in [0.1, 0.15) is 0 Å². The molecule has 130 valence electrons. The van der Waals surface area contributed by atoms with Gasteiger partial charge >= 0.3 is 6.18 Å². The lowest BCUT2D eigenvalue weighted by atomic mass is 9.92. The zero-order valence-electron chi connectivity index (χ0n) is 13.6. The van der Waals surface area contributed by atoms with Gasteiger partial charge in [-0.1, -0.05) is 31.5 Å².